The van der Waals surface area contributed by atoms with Crippen LogP contribution < -0.4 is 0 Å². The van der Waals surface area contributed by atoms with Crippen LogP contribution in [0.1, 0.15) is 45.4 Å². The second-order valence-electron chi connectivity index (χ2n) is 6.19. The lowest BCUT2D eigenvalue weighted by Crippen LogP contribution is -2.52. The molecule has 2 aliphatic rings. The second kappa shape index (κ2) is 6.57. The van der Waals surface area contributed by atoms with Crippen molar-refractivity contribution in [3.05, 3.63) is 0 Å². The molecule has 0 spiro atoms. The summed E-state index contributed by atoms with van der Waals surface area (Å²) in [5, 5.41) is 18.5. The Kier molecular flexibility index (Phi) is 5.02. The molecule has 0 aromatic heterocycles. The molecule has 2 fully saturated rings. The van der Waals surface area contributed by atoms with Crippen molar-refractivity contribution in [1.29, 1.82) is 0 Å². The van der Waals surface area contributed by atoms with Crippen LogP contribution in [0, 0.1) is 17.8 Å². The van der Waals surface area contributed by atoms with E-state index in [0.717, 1.165) is 19.4 Å². The van der Waals surface area contributed by atoms with Crippen molar-refractivity contribution < 1.29 is 19.8 Å². The summed E-state index contributed by atoms with van der Waals surface area (Å²) in [5.41, 5.74) is 0. The van der Waals surface area contributed by atoms with Crippen LogP contribution in [0.25, 0.3) is 0 Å². The van der Waals surface area contributed by atoms with Gasteiger partial charge in [0.05, 0.1) is 11.8 Å². The highest BCUT2D eigenvalue weighted by Gasteiger charge is 2.41. The van der Waals surface area contributed by atoms with Gasteiger partial charge in [-0.15, -0.1) is 0 Å². The Morgan fingerprint density at radius 2 is 1.70 bits per heavy atom. The number of carboxylic acids is 2. The van der Waals surface area contributed by atoms with E-state index >= 15 is 0 Å². The van der Waals surface area contributed by atoms with Gasteiger partial charge in [-0.2, -0.15) is 0 Å². The number of nitrogens with zero attached hydrogens (tertiary/aromatic N) is 1. The number of rotatable bonds is 4. The molecule has 0 bridgehead atoms. The molecule has 20 heavy (non-hydrogen) atoms. The quantitative estimate of drug-likeness (QED) is 0.825. The molecule has 1 aliphatic heterocycles. The zero-order valence-electron chi connectivity index (χ0n) is 12.1. The average molecular weight is 283 g/mol. The maximum absolute atomic E-state index is 11.4. The predicted octanol–water partition coefficient (Wildman–Crippen LogP) is 2.06. The summed E-state index contributed by atoms with van der Waals surface area (Å²) >= 11 is 0. The van der Waals surface area contributed by atoms with E-state index in [4.69, 9.17) is 0 Å². The number of hydrogen-bond donors (Lipinski definition) is 2. The van der Waals surface area contributed by atoms with Gasteiger partial charge in [0.1, 0.15) is 0 Å². The molecule has 5 heteroatoms. The van der Waals surface area contributed by atoms with E-state index in [2.05, 4.69) is 11.8 Å². The fourth-order valence-corrected chi connectivity index (χ4v) is 3.97. The topological polar surface area (TPSA) is 77.8 Å². The zero-order valence-corrected chi connectivity index (χ0v) is 12.1. The number of carboxylic acid groups (broad SMARTS) is 2. The molecule has 114 valence electrons. The van der Waals surface area contributed by atoms with E-state index in [9.17, 15) is 19.8 Å². The molecular formula is C15H25NO4. The van der Waals surface area contributed by atoms with Gasteiger partial charge < -0.3 is 10.2 Å². The van der Waals surface area contributed by atoms with Crippen LogP contribution in [0.3, 0.4) is 0 Å². The Morgan fingerprint density at radius 3 is 2.30 bits per heavy atom. The Labute approximate surface area is 120 Å². The Bertz CT molecular complexity index is 371. The predicted molar refractivity (Wildman–Crippen MR) is 74.5 cm³/mol. The zero-order chi connectivity index (χ0) is 14.7. The smallest absolute Gasteiger partial charge is 0.308 e. The monoisotopic (exact) mass is 283 g/mol. The third kappa shape index (κ3) is 3.14. The summed E-state index contributed by atoms with van der Waals surface area (Å²) in [6.07, 6.45) is 6.40. The Morgan fingerprint density at radius 1 is 1.05 bits per heavy atom. The molecule has 5 nitrogen and oxygen atoms in total. The molecule has 1 heterocycles. The molecule has 4 unspecified atom stereocenters. The van der Waals surface area contributed by atoms with Crippen molar-refractivity contribution in [2.45, 2.75) is 51.5 Å². The summed E-state index contributed by atoms with van der Waals surface area (Å²) in [7, 11) is 0. The minimum atomic E-state index is -0.967. The summed E-state index contributed by atoms with van der Waals surface area (Å²) in [4.78, 5) is 24.8. The SMILES string of the molecule is CCC1CCCCC1N1CCC(C(=O)O)C(C(=O)O)C1. The maximum atomic E-state index is 11.4. The lowest BCUT2D eigenvalue weighted by Gasteiger charge is -2.44. The number of carbonyl (C=O) groups is 2. The first-order chi connectivity index (χ1) is 9.54. The van der Waals surface area contributed by atoms with E-state index in [0.29, 0.717) is 24.9 Å². The minimum Gasteiger partial charge on any atom is -0.481 e. The molecule has 1 saturated heterocycles. The van der Waals surface area contributed by atoms with Crippen LogP contribution in [0.2, 0.25) is 0 Å². The van der Waals surface area contributed by atoms with Crippen LogP contribution in [0.5, 0.6) is 0 Å². The summed E-state index contributed by atoms with van der Waals surface area (Å²) in [6, 6.07) is 0.449. The molecule has 2 rings (SSSR count). The first-order valence-electron chi connectivity index (χ1n) is 7.74. The van der Waals surface area contributed by atoms with Crippen molar-refractivity contribution in [1.82, 2.24) is 4.90 Å². The van der Waals surface area contributed by atoms with Gasteiger partial charge in [-0.3, -0.25) is 14.5 Å². The molecule has 2 N–H and O–H groups in total. The van der Waals surface area contributed by atoms with Crippen LogP contribution in [0.4, 0.5) is 0 Å². The minimum absolute atomic E-state index is 0.396. The Hall–Kier alpha value is -1.10. The number of hydrogen-bond acceptors (Lipinski definition) is 3. The third-order valence-corrected chi connectivity index (χ3v) is 5.14. The second-order valence-corrected chi connectivity index (χ2v) is 6.19. The van der Waals surface area contributed by atoms with Crippen molar-refractivity contribution in [3.63, 3.8) is 0 Å². The fourth-order valence-electron chi connectivity index (χ4n) is 3.97. The van der Waals surface area contributed by atoms with Gasteiger partial charge in [0, 0.05) is 12.6 Å². The molecule has 0 amide bonds. The Balaban J connectivity index is 2.07. The molecule has 0 aromatic carbocycles. The maximum Gasteiger partial charge on any atom is 0.308 e. The van der Waals surface area contributed by atoms with E-state index in [1.807, 2.05) is 0 Å². The van der Waals surface area contributed by atoms with Crippen molar-refractivity contribution in [3.8, 4) is 0 Å². The fraction of sp³-hybridized carbons (Fsp3) is 0.867. The van der Waals surface area contributed by atoms with Gasteiger partial charge in [-0.1, -0.05) is 26.2 Å². The van der Waals surface area contributed by atoms with Crippen molar-refractivity contribution in [2.75, 3.05) is 13.1 Å². The highest BCUT2D eigenvalue weighted by molar-refractivity contribution is 5.80. The first-order valence-corrected chi connectivity index (χ1v) is 7.74. The van der Waals surface area contributed by atoms with Gasteiger partial charge >= 0.3 is 11.9 Å². The van der Waals surface area contributed by atoms with E-state index in [1.165, 1.54) is 19.3 Å². The van der Waals surface area contributed by atoms with Gasteiger partial charge in [0.2, 0.25) is 0 Å². The van der Waals surface area contributed by atoms with Gasteiger partial charge in [0.25, 0.3) is 0 Å². The van der Waals surface area contributed by atoms with Gasteiger partial charge in [0.15, 0.2) is 0 Å². The summed E-state index contributed by atoms with van der Waals surface area (Å²) in [5.74, 6) is -2.79. The van der Waals surface area contributed by atoms with Crippen LogP contribution in [0.15, 0.2) is 0 Å². The van der Waals surface area contributed by atoms with Crippen molar-refractivity contribution in [2.24, 2.45) is 17.8 Å². The van der Waals surface area contributed by atoms with Gasteiger partial charge in [-0.25, -0.2) is 0 Å². The van der Waals surface area contributed by atoms with E-state index in [1.54, 1.807) is 0 Å². The highest BCUT2D eigenvalue weighted by atomic mass is 16.4. The first kappa shape index (κ1) is 15.3. The normalized spacial score (nSPS) is 35.6. The molecule has 1 aliphatic carbocycles. The summed E-state index contributed by atoms with van der Waals surface area (Å²) < 4.78 is 0. The van der Waals surface area contributed by atoms with Crippen LogP contribution >= 0.6 is 0 Å². The third-order valence-electron chi connectivity index (χ3n) is 5.14. The summed E-state index contributed by atoms with van der Waals surface area (Å²) in [6.45, 7) is 3.32. The molecule has 0 aromatic rings. The van der Waals surface area contributed by atoms with Gasteiger partial charge in [-0.05, 0) is 31.7 Å². The number of likely N-dealkylation sites (tertiary alicyclic amines) is 1. The standard InChI is InChI=1S/C15H25NO4/c1-2-10-5-3-4-6-13(10)16-8-7-11(14(17)18)12(9-16)15(19)20/h10-13H,2-9H2,1H3,(H,17,18)(H,19,20). The average Bonchev–Trinajstić information content (AvgIpc) is 2.46. The van der Waals surface area contributed by atoms with E-state index < -0.39 is 23.8 Å². The molecular weight excluding hydrogens is 258 g/mol. The number of piperidine rings is 1. The molecule has 1 saturated carbocycles. The van der Waals surface area contributed by atoms with Crippen LogP contribution in [-0.2, 0) is 9.59 Å². The van der Waals surface area contributed by atoms with E-state index in [-0.39, 0.29) is 0 Å². The largest absolute Gasteiger partial charge is 0.481 e. The lowest BCUT2D eigenvalue weighted by molar-refractivity contribution is -0.158. The number of aliphatic carboxylic acids is 2. The highest BCUT2D eigenvalue weighted by Crippen LogP contribution is 2.34. The lowest BCUT2D eigenvalue weighted by atomic mass is 9.78. The molecule has 4 atom stereocenters. The molecule has 0 radical (unpaired) electrons. The van der Waals surface area contributed by atoms with Crippen molar-refractivity contribution >= 4 is 11.9 Å². The van der Waals surface area contributed by atoms with Crippen LogP contribution in [-0.4, -0.2) is 46.2 Å².